The molecular weight excluding hydrogens is 567 g/mol. The van der Waals surface area contributed by atoms with Crippen molar-refractivity contribution in [3.05, 3.63) is 176 Å². The van der Waals surface area contributed by atoms with Gasteiger partial charge in [-0.3, -0.25) is 0 Å². The second-order valence-corrected chi connectivity index (χ2v) is 12.6. The van der Waals surface area contributed by atoms with E-state index in [-0.39, 0.29) is 0 Å². The maximum Gasteiger partial charge on any atom is 0.0547 e. The minimum Gasteiger partial charge on any atom is -0.309 e. The molecule has 47 heavy (non-hydrogen) atoms. The summed E-state index contributed by atoms with van der Waals surface area (Å²) in [6.45, 7) is 0. The maximum atomic E-state index is 2.42. The first kappa shape index (κ1) is 26.1. The molecule has 0 amide bonds. The van der Waals surface area contributed by atoms with Gasteiger partial charge in [-0.05, 0) is 108 Å². The van der Waals surface area contributed by atoms with E-state index in [1.807, 2.05) is 0 Å². The van der Waals surface area contributed by atoms with Crippen molar-refractivity contribution in [2.24, 2.45) is 0 Å². The Morgan fingerprint density at radius 3 is 1.74 bits per heavy atom. The van der Waals surface area contributed by atoms with Crippen LogP contribution in [-0.4, -0.2) is 4.57 Å². The molecule has 9 aromatic carbocycles. The second kappa shape index (κ2) is 10.2. The Bertz CT molecular complexity index is 2850. The predicted molar refractivity (Wildman–Crippen MR) is 202 cm³/mol. The lowest BCUT2D eigenvalue weighted by Crippen LogP contribution is -1.93. The minimum atomic E-state index is 1.18. The van der Waals surface area contributed by atoms with Gasteiger partial charge in [0.2, 0.25) is 0 Å². The normalized spacial score (nSPS) is 11.8. The van der Waals surface area contributed by atoms with Crippen LogP contribution >= 0.6 is 0 Å². The molecule has 0 aliphatic rings. The predicted octanol–water partition coefficient (Wildman–Crippen LogP) is 12.7. The SMILES string of the molecule is c1ccc2cc(-n3c4ccccc4c4c5cc(-c6ccc7cc(-c8cccc9ccccc89)ccc7c6)ccc5ccc43)ccc2c1. The van der Waals surface area contributed by atoms with Gasteiger partial charge in [-0.1, -0.05) is 133 Å². The molecule has 10 rings (SSSR count). The number of nitrogens with zero attached hydrogens (tertiary/aromatic N) is 1. The van der Waals surface area contributed by atoms with Crippen LogP contribution in [0.15, 0.2) is 176 Å². The van der Waals surface area contributed by atoms with Crippen LogP contribution in [-0.2, 0) is 0 Å². The number of rotatable bonds is 3. The summed E-state index contributed by atoms with van der Waals surface area (Å²) in [6.07, 6.45) is 0. The fraction of sp³-hybridized carbons (Fsp3) is 0. The van der Waals surface area contributed by atoms with Gasteiger partial charge < -0.3 is 4.57 Å². The number of fused-ring (bicyclic) bond motifs is 8. The van der Waals surface area contributed by atoms with Gasteiger partial charge >= 0.3 is 0 Å². The van der Waals surface area contributed by atoms with E-state index in [9.17, 15) is 0 Å². The average molecular weight is 596 g/mol. The first-order valence-electron chi connectivity index (χ1n) is 16.3. The third-order valence-corrected chi connectivity index (χ3v) is 9.92. The van der Waals surface area contributed by atoms with Crippen LogP contribution in [0.2, 0.25) is 0 Å². The van der Waals surface area contributed by atoms with Crippen molar-refractivity contribution < 1.29 is 0 Å². The maximum absolute atomic E-state index is 2.42. The molecule has 1 heteroatoms. The number of para-hydroxylation sites is 1. The molecular formula is C46H29N. The second-order valence-electron chi connectivity index (χ2n) is 12.6. The minimum absolute atomic E-state index is 1.18. The molecule has 1 nitrogen and oxygen atoms in total. The Kier molecular flexibility index (Phi) is 5.64. The van der Waals surface area contributed by atoms with Gasteiger partial charge in [0.1, 0.15) is 0 Å². The molecule has 1 aromatic heterocycles. The molecule has 0 N–H and O–H groups in total. The summed E-state index contributed by atoms with van der Waals surface area (Å²) in [6, 6.07) is 64.6. The van der Waals surface area contributed by atoms with Crippen molar-refractivity contribution in [2.75, 3.05) is 0 Å². The summed E-state index contributed by atoms with van der Waals surface area (Å²) in [4.78, 5) is 0. The van der Waals surface area contributed by atoms with E-state index < -0.39 is 0 Å². The van der Waals surface area contributed by atoms with Crippen LogP contribution in [0.25, 0.3) is 92.8 Å². The summed E-state index contributed by atoms with van der Waals surface area (Å²) >= 11 is 0. The molecule has 0 atom stereocenters. The molecule has 10 aromatic rings. The van der Waals surface area contributed by atoms with Crippen molar-refractivity contribution in [3.63, 3.8) is 0 Å². The van der Waals surface area contributed by atoms with E-state index in [1.54, 1.807) is 0 Å². The number of aromatic nitrogens is 1. The highest BCUT2D eigenvalue weighted by Gasteiger charge is 2.16. The molecule has 0 fully saturated rings. The number of hydrogen-bond donors (Lipinski definition) is 0. The van der Waals surface area contributed by atoms with Crippen LogP contribution in [0.4, 0.5) is 0 Å². The van der Waals surface area contributed by atoms with Gasteiger partial charge in [-0.15, -0.1) is 0 Å². The fourth-order valence-electron chi connectivity index (χ4n) is 7.63. The first-order valence-corrected chi connectivity index (χ1v) is 16.3. The summed E-state index contributed by atoms with van der Waals surface area (Å²) < 4.78 is 2.42. The van der Waals surface area contributed by atoms with Gasteiger partial charge in [0.05, 0.1) is 11.0 Å². The zero-order valence-corrected chi connectivity index (χ0v) is 25.7. The Morgan fingerprint density at radius 2 is 0.872 bits per heavy atom. The molecule has 0 radical (unpaired) electrons. The Hall–Kier alpha value is -6.18. The summed E-state index contributed by atoms with van der Waals surface area (Å²) in [5, 5.41) is 12.7. The van der Waals surface area contributed by atoms with Crippen molar-refractivity contribution in [2.45, 2.75) is 0 Å². The monoisotopic (exact) mass is 595 g/mol. The molecule has 0 spiro atoms. The molecule has 0 aliphatic carbocycles. The van der Waals surface area contributed by atoms with Crippen LogP contribution in [0.5, 0.6) is 0 Å². The lowest BCUT2D eigenvalue weighted by Gasteiger charge is -2.11. The van der Waals surface area contributed by atoms with Gasteiger partial charge in [-0.25, -0.2) is 0 Å². The van der Waals surface area contributed by atoms with Gasteiger partial charge in [0, 0.05) is 16.5 Å². The molecule has 0 unspecified atom stereocenters. The molecule has 218 valence electrons. The van der Waals surface area contributed by atoms with E-state index in [0.717, 1.165) is 0 Å². The summed E-state index contributed by atoms with van der Waals surface area (Å²) in [7, 11) is 0. The topological polar surface area (TPSA) is 4.93 Å². The quantitative estimate of drug-likeness (QED) is 0.191. The van der Waals surface area contributed by atoms with E-state index in [2.05, 4.69) is 180 Å². The van der Waals surface area contributed by atoms with E-state index in [1.165, 1.54) is 92.8 Å². The Labute approximate surface area is 272 Å². The fourth-order valence-corrected chi connectivity index (χ4v) is 7.63. The lowest BCUT2D eigenvalue weighted by atomic mass is 9.94. The molecule has 0 saturated carbocycles. The molecule has 0 bridgehead atoms. The Balaban J connectivity index is 1.12. The highest BCUT2D eigenvalue weighted by molar-refractivity contribution is 6.22. The standard InChI is InChI=1S/C46H29N/c1-2-10-33-28-39(24-22-30(33)8-1)47-44-15-6-5-13-42(44)46-43-29-37(17-16-32(43)23-25-45(46)47)35-18-19-36-27-38(21-20-34(36)26-35)41-14-7-11-31-9-3-4-12-40(31)41/h1-29H. The van der Waals surface area contributed by atoms with E-state index in [4.69, 9.17) is 0 Å². The van der Waals surface area contributed by atoms with Crippen molar-refractivity contribution >= 4 is 64.9 Å². The summed E-state index contributed by atoms with van der Waals surface area (Å²) in [5.74, 6) is 0. The van der Waals surface area contributed by atoms with Gasteiger partial charge in [0.25, 0.3) is 0 Å². The largest absolute Gasteiger partial charge is 0.309 e. The van der Waals surface area contributed by atoms with Crippen LogP contribution in [0, 0.1) is 0 Å². The zero-order chi connectivity index (χ0) is 30.9. The number of benzene rings is 9. The third kappa shape index (κ3) is 4.10. The summed E-state index contributed by atoms with van der Waals surface area (Å²) in [5.41, 5.74) is 8.62. The van der Waals surface area contributed by atoms with Gasteiger partial charge in [0.15, 0.2) is 0 Å². The smallest absolute Gasteiger partial charge is 0.0547 e. The molecule has 1 heterocycles. The highest BCUT2D eigenvalue weighted by atomic mass is 15.0. The van der Waals surface area contributed by atoms with E-state index in [0.29, 0.717) is 0 Å². The van der Waals surface area contributed by atoms with Crippen molar-refractivity contribution in [1.82, 2.24) is 4.57 Å². The Morgan fingerprint density at radius 1 is 0.298 bits per heavy atom. The zero-order valence-electron chi connectivity index (χ0n) is 25.7. The molecule has 0 saturated heterocycles. The van der Waals surface area contributed by atoms with Crippen molar-refractivity contribution in [3.8, 4) is 27.9 Å². The van der Waals surface area contributed by atoms with E-state index >= 15 is 0 Å². The van der Waals surface area contributed by atoms with Crippen molar-refractivity contribution in [1.29, 1.82) is 0 Å². The highest BCUT2D eigenvalue weighted by Crippen LogP contribution is 2.39. The van der Waals surface area contributed by atoms with Crippen LogP contribution in [0.3, 0.4) is 0 Å². The third-order valence-electron chi connectivity index (χ3n) is 9.92. The lowest BCUT2D eigenvalue weighted by molar-refractivity contribution is 1.19. The van der Waals surface area contributed by atoms with Crippen LogP contribution < -0.4 is 0 Å². The molecule has 0 aliphatic heterocycles. The first-order chi connectivity index (χ1) is 23.3. The van der Waals surface area contributed by atoms with Crippen LogP contribution in [0.1, 0.15) is 0 Å². The average Bonchev–Trinajstić information content (AvgIpc) is 3.48. The number of hydrogen-bond acceptors (Lipinski definition) is 0. The van der Waals surface area contributed by atoms with Gasteiger partial charge in [-0.2, -0.15) is 0 Å².